The van der Waals surface area contributed by atoms with E-state index in [0.717, 1.165) is 12.0 Å². The van der Waals surface area contributed by atoms with Gasteiger partial charge in [0.05, 0.1) is 0 Å². The number of aromatic nitrogens is 1. The minimum absolute atomic E-state index is 0.0207. The maximum Gasteiger partial charge on any atom is 0.290 e. The molecule has 0 aliphatic carbocycles. The van der Waals surface area contributed by atoms with Crippen LogP contribution in [-0.2, 0) is 11.3 Å². The predicted octanol–water partition coefficient (Wildman–Crippen LogP) is 2.25. The average Bonchev–Trinajstić information content (AvgIpc) is 3.15. The summed E-state index contributed by atoms with van der Waals surface area (Å²) in [5, 5.41) is 3.05. The molecule has 1 atom stereocenters. The summed E-state index contributed by atoms with van der Waals surface area (Å²) < 4.78 is 5.22. The Kier molecular flexibility index (Phi) is 4.62. The van der Waals surface area contributed by atoms with Crippen molar-refractivity contribution in [2.24, 2.45) is 0 Å². The largest absolute Gasteiger partial charge is 0.440 e. The molecule has 120 valence electrons. The molecule has 1 saturated heterocycles. The number of hydrogen-bond donors (Lipinski definition) is 1. The van der Waals surface area contributed by atoms with Crippen LogP contribution in [0.3, 0.4) is 0 Å². The quantitative estimate of drug-likeness (QED) is 0.910. The van der Waals surface area contributed by atoms with E-state index in [1.807, 2.05) is 12.1 Å². The normalized spacial score (nSPS) is 17.1. The van der Waals surface area contributed by atoms with Gasteiger partial charge in [-0.15, -0.1) is 0 Å². The highest BCUT2D eigenvalue weighted by molar-refractivity contribution is 6.29. The third-order valence-corrected chi connectivity index (χ3v) is 3.92. The molecule has 3 heterocycles. The minimum Gasteiger partial charge on any atom is -0.440 e. The van der Waals surface area contributed by atoms with E-state index in [1.54, 1.807) is 23.4 Å². The molecule has 7 heteroatoms. The summed E-state index contributed by atoms with van der Waals surface area (Å²) in [7, 11) is 0. The first kappa shape index (κ1) is 15.6. The van der Waals surface area contributed by atoms with Crippen LogP contribution in [0.1, 0.15) is 29.0 Å². The first-order valence-electron chi connectivity index (χ1n) is 7.34. The third-order valence-electron chi connectivity index (χ3n) is 3.72. The SMILES string of the molecule is O=C1CC[C@@H](CN(Cc2ccncc2)C(=O)c2ccc(Cl)o2)N1. The van der Waals surface area contributed by atoms with Gasteiger partial charge in [-0.1, -0.05) is 0 Å². The third kappa shape index (κ3) is 3.90. The van der Waals surface area contributed by atoms with Gasteiger partial charge in [-0.2, -0.15) is 0 Å². The van der Waals surface area contributed by atoms with Gasteiger partial charge in [-0.25, -0.2) is 0 Å². The topological polar surface area (TPSA) is 75.4 Å². The van der Waals surface area contributed by atoms with Gasteiger partial charge in [-0.3, -0.25) is 14.6 Å². The Labute approximate surface area is 138 Å². The second-order valence-corrected chi connectivity index (χ2v) is 5.82. The van der Waals surface area contributed by atoms with E-state index in [2.05, 4.69) is 10.3 Å². The molecule has 1 fully saturated rings. The van der Waals surface area contributed by atoms with Gasteiger partial charge in [0, 0.05) is 37.9 Å². The molecule has 0 bridgehead atoms. The second-order valence-electron chi connectivity index (χ2n) is 5.45. The molecule has 2 aromatic heterocycles. The van der Waals surface area contributed by atoms with Gasteiger partial charge < -0.3 is 14.6 Å². The molecule has 3 rings (SSSR count). The van der Waals surface area contributed by atoms with Crippen molar-refractivity contribution in [2.75, 3.05) is 6.54 Å². The van der Waals surface area contributed by atoms with Crippen molar-refractivity contribution in [3.63, 3.8) is 0 Å². The maximum atomic E-state index is 12.7. The van der Waals surface area contributed by atoms with Gasteiger partial charge in [0.25, 0.3) is 5.91 Å². The number of furan rings is 1. The number of amides is 2. The van der Waals surface area contributed by atoms with Gasteiger partial charge in [-0.05, 0) is 47.9 Å². The van der Waals surface area contributed by atoms with E-state index < -0.39 is 0 Å². The molecule has 0 unspecified atom stereocenters. The van der Waals surface area contributed by atoms with Crippen molar-refractivity contribution in [1.29, 1.82) is 0 Å². The summed E-state index contributed by atoms with van der Waals surface area (Å²) in [5.41, 5.74) is 0.954. The van der Waals surface area contributed by atoms with E-state index >= 15 is 0 Å². The Morgan fingerprint density at radius 2 is 2.13 bits per heavy atom. The fourth-order valence-electron chi connectivity index (χ4n) is 2.59. The molecule has 0 aromatic carbocycles. The number of hydrogen-bond acceptors (Lipinski definition) is 4. The van der Waals surface area contributed by atoms with Crippen molar-refractivity contribution in [3.8, 4) is 0 Å². The Hall–Kier alpha value is -2.34. The molecule has 1 aliphatic rings. The van der Waals surface area contributed by atoms with Crippen LogP contribution in [0.15, 0.2) is 41.1 Å². The molecule has 6 nitrogen and oxygen atoms in total. The summed E-state index contributed by atoms with van der Waals surface area (Å²) in [4.78, 5) is 29.7. The van der Waals surface area contributed by atoms with Gasteiger partial charge >= 0.3 is 0 Å². The van der Waals surface area contributed by atoms with Gasteiger partial charge in [0.1, 0.15) is 0 Å². The van der Waals surface area contributed by atoms with Crippen LogP contribution in [0.5, 0.6) is 0 Å². The minimum atomic E-state index is -0.255. The molecular weight excluding hydrogens is 318 g/mol. The van der Waals surface area contributed by atoms with Crippen LogP contribution >= 0.6 is 11.6 Å². The Balaban J connectivity index is 1.77. The van der Waals surface area contributed by atoms with E-state index in [4.69, 9.17) is 16.0 Å². The standard InChI is InChI=1S/C16H16ClN3O3/c17-14-3-2-13(23-14)16(22)20(9-11-5-7-18-8-6-11)10-12-1-4-15(21)19-12/h2-3,5-8,12H,1,4,9-10H2,(H,19,21)/t12-/m0/s1. The number of carbonyl (C=O) groups excluding carboxylic acids is 2. The fraction of sp³-hybridized carbons (Fsp3) is 0.312. The summed E-state index contributed by atoms with van der Waals surface area (Å²) in [6.07, 6.45) is 4.57. The molecule has 2 aromatic rings. The number of pyridine rings is 1. The van der Waals surface area contributed by atoms with Crippen molar-refractivity contribution in [3.05, 3.63) is 53.2 Å². The highest BCUT2D eigenvalue weighted by Crippen LogP contribution is 2.18. The average molecular weight is 334 g/mol. The van der Waals surface area contributed by atoms with Crippen molar-refractivity contribution >= 4 is 23.4 Å². The zero-order valence-corrected chi connectivity index (χ0v) is 13.1. The molecular formula is C16H16ClN3O3. The highest BCUT2D eigenvalue weighted by atomic mass is 35.5. The predicted molar refractivity (Wildman–Crippen MR) is 83.9 cm³/mol. The Bertz CT molecular complexity index is 702. The summed E-state index contributed by atoms with van der Waals surface area (Å²) >= 11 is 5.76. The highest BCUT2D eigenvalue weighted by Gasteiger charge is 2.27. The van der Waals surface area contributed by atoms with Crippen LogP contribution in [-0.4, -0.2) is 34.3 Å². The molecule has 1 aliphatic heterocycles. The summed E-state index contributed by atoms with van der Waals surface area (Å²) in [5.74, 6) is -0.0457. The second kappa shape index (κ2) is 6.83. The Morgan fingerprint density at radius 1 is 1.35 bits per heavy atom. The number of carbonyl (C=O) groups is 2. The number of rotatable bonds is 5. The summed E-state index contributed by atoms with van der Waals surface area (Å²) in [6, 6.07) is 6.75. The molecule has 0 radical (unpaired) electrons. The fourth-order valence-corrected chi connectivity index (χ4v) is 2.74. The van der Waals surface area contributed by atoms with Gasteiger partial charge in [0.15, 0.2) is 11.0 Å². The van der Waals surface area contributed by atoms with E-state index in [0.29, 0.717) is 19.5 Å². The first-order chi connectivity index (χ1) is 11.1. The van der Waals surface area contributed by atoms with Crippen LogP contribution < -0.4 is 5.32 Å². The molecule has 0 spiro atoms. The van der Waals surface area contributed by atoms with E-state index in [1.165, 1.54) is 6.07 Å². The van der Waals surface area contributed by atoms with Crippen molar-refractivity contribution in [2.45, 2.75) is 25.4 Å². The summed E-state index contributed by atoms with van der Waals surface area (Å²) in [6.45, 7) is 0.831. The van der Waals surface area contributed by atoms with Gasteiger partial charge in [0.2, 0.25) is 5.91 Å². The number of halogens is 1. The van der Waals surface area contributed by atoms with Crippen LogP contribution in [0.25, 0.3) is 0 Å². The lowest BCUT2D eigenvalue weighted by Crippen LogP contribution is -2.41. The molecule has 1 N–H and O–H groups in total. The molecule has 0 saturated carbocycles. The van der Waals surface area contributed by atoms with Crippen molar-refractivity contribution < 1.29 is 14.0 Å². The molecule has 2 amide bonds. The number of nitrogens with zero attached hydrogens (tertiary/aromatic N) is 2. The lowest BCUT2D eigenvalue weighted by molar-refractivity contribution is -0.119. The number of nitrogens with one attached hydrogen (secondary N) is 1. The van der Waals surface area contributed by atoms with E-state index in [-0.39, 0.29) is 28.8 Å². The van der Waals surface area contributed by atoms with E-state index in [9.17, 15) is 9.59 Å². The zero-order valence-electron chi connectivity index (χ0n) is 12.4. The first-order valence-corrected chi connectivity index (χ1v) is 7.72. The smallest absolute Gasteiger partial charge is 0.290 e. The molecule has 23 heavy (non-hydrogen) atoms. The maximum absolute atomic E-state index is 12.7. The van der Waals surface area contributed by atoms with Crippen LogP contribution in [0.4, 0.5) is 0 Å². The van der Waals surface area contributed by atoms with Crippen LogP contribution in [0, 0.1) is 0 Å². The van der Waals surface area contributed by atoms with Crippen molar-refractivity contribution in [1.82, 2.24) is 15.2 Å². The lowest BCUT2D eigenvalue weighted by Gasteiger charge is -2.25. The Morgan fingerprint density at radius 3 is 2.74 bits per heavy atom. The lowest BCUT2D eigenvalue weighted by atomic mass is 10.2. The zero-order chi connectivity index (χ0) is 16.2. The monoisotopic (exact) mass is 333 g/mol. The van der Waals surface area contributed by atoms with Crippen LogP contribution in [0.2, 0.25) is 5.22 Å².